The van der Waals surface area contributed by atoms with Crippen molar-refractivity contribution in [3.63, 3.8) is 0 Å². The summed E-state index contributed by atoms with van der Waals surface area (Å²) < 4.78 is 5.52. The molecule has 0 fully saturated rings. The Bertz CT molecular complexity index is 568. The van der Waals surface area contributed by atoms with Crippen molar-refractivity contribution in [2.45, 2.75) is 6.42 Å². The third-order valence-corrected chi connectivity index (χ3v) is 2.41. The van der Waals surface area contributed by atoms with Gasteiger partial charge in [0.2, 0.25) is 5.91 Å². The van der Waals surface area contributed by atoms with Gasteiger partial charge in [0.05, 0.1) is 0 Å². The van der Waals surface area contributed by atoms with E-state index in [4.69, 9.17) is 10.2 Å². The first-order chi connectivity index (χ1) is 8.60. The van der Waals surface area contributed by atoms with Crippen LogP contribution < -0.4 is 16.0 Å². The van der Waals surface area contributed by atoms with Crippen LogP contribution in [0.2, 0.25) is 0 Å². The Kier molecular flexibility index (Phi) is 5.14. The van der Waals surface area contributed by atoms with Crippen LogP contribution in [0, 0.1) is 0 Å². The summed E-state index contributed by atoms with van der Waals surface area (Å²) in [6.45, 7) is 0.336. The van der Waals surface area contributed by atoms with Gasteiger partial charge in [-0.3, -0.25) is 4.79 Å². The Morgan fingerprint density at radius 2 is 2.21 bits per heavy atom. The van der Waals surface area contributed by atoms with Crippen LogP contribution >= 0.6 is 12.4 Å². The first-order valence-corrected chi connectivity index (χ1v) is 5.68. The van der Waals surface area contributed by atoms with Crippen LogP contribution in [0.25, 0.3) is 11.1 Å². The predicted octanol–water partition coefficient (Wildman–Crippen LogP) is 1.60. The Balaban J connectivity index is 0.00000180. The minimum atomic E-state index is -0.104. The molecular weight excluding hydrogens is 268 g/mol. The maximum absolute atomic E-state index is 11.4. The zero-order valence-electron chi connectivity index (χ0n) is 10.8. The number of hydrogen-bond donors (Lipinski definition) is 2. The number of carbonyl (C=O) groups excluding carboxylic acids is 1. The van der Waals surface area contributed by atoms with Crippen molar-refractivity contribution in [2.75, 3.05) is 30.9 Å². The van der Waals surface area contributed by atoms with Crippen LogP contribution in [-0.4, -0.2) is 31.5 Å². The summed E-state index contributed by atoms with van der Waals surface area (Å²) >= 11 is 0. The number of amides is 1. The lowest BCUT2D eigenvalue weighted by Crippen LogP contribution is -2.16. The molecule has 3 N–H and O–H groups in total. The number of hydrogen-bond acceptors (Lipinski definition) is 5. The Hall–Kier alpha value is -1.79. The molecule has 7 heteroatoms. The molecule has 1 aromatic heterocycles. The highest BCUT2D eigenvalue weighted by molar-refractivity contribution is 5.93. The molecule has 0 aliphatic heterocycles. The molecule has 1 amide bonds. The number of aromatic nitrogens is 1. The molecule has 0 radical (unpaired) electrons. The van der Waals surface area contributed by atoms with Crippen molar-refractivity contribution in [1.82, 2.24) is 4.98 Å². The number of nitrogens with zero attached hydrogens (tertiary/aromatic N) is 2. The smallest absolute Gasteiger partial charge is 0.297 e. The van der Waals surface area contributed by atoms with Crippen molar-refractivity contribution in [2.24, 2.45) is 5.73 Å². The zero-order valence-corrected chi connectivity index (χ0v) is 11.7. The highest BCUT2D eigenvalue weighted by Gasteiger charge is 2.08. The maximum Gasteiger partial charge on any atom is 0.297 e. The van der Waals surface area contributed by atoms with E-state index in [-0.39, 0.29) is 18.3 Å². The van der Waals surface area contributed by atoms with Gasteiger partial charge in [0.15, 0.2) is 5.58 Å². The zero-order chi connectivity index (χ0) is 13.1. The van der Waals surface area contributed by atoms with E-state index in [1.54, 1.807) is 23.1 Å². The van der Waals surface area contributed by atoms with Gasteiger partial charge in [-0.2, -0.15) is 4.98 Å². The van der Waals surface area contributed by atoms with Gasteiger partial charge in [-0.25, -0.2) is 0 Å². The first-order valence-electron chi connectivity index (χ1n) is 5.68. The second-order valence-corrected chi connectivity index (χ2v) is 4.16. The minimum absolute atomic E-state index is 0. The summed E-state index contributed by atoms with van der Waals surface area (Å²) in [5.41, 5.74) is 7.41. The van der Waals surface area contributed by atoms with E-state index in [2.05, 4.69) is 10.3 Å². The number of nitrogens with two attached hydrogens (primary N) is 1. The molecule has 0 saturated carbocycles. The van der Waals surface area contributed by atoms with Gasteiger partial charge in [-0.1, -0.05) is 0 Å². The number of fused-ring (bicyclic) bond motifs is 1. The normalized spacial score (nSPS) is 10.1. The number of carbonyl (C=O) groups is 1. The van der Waals surface area contributed by atoms with E-state index in [1.807, 2.05) is 14.1 Å². The van der Waals surface area contributed by atoms with E-state index < -0.39 is 0 Å². The maximum atomic E-state index is 11.4. The number of nitrogens with one attached hydrogen (secondary N) is 1. The molecule has 19 heavy (non-hydrogen) atoms. The quantitative estimate of drug-likeness (QED) is 0.891. The monoisotopic (exact) mass is 284 g/mol. The SMILES string of the molecule is CN(C)c1nc2cc(NC(=O)CCN)ccc2o1.Cl. The molecule has 2 aromatic rings. The van der Waals surface area contributed by atoms with Crippen LogP contribution in [0.4, 0.5) is 11.7 Å². The van der Waals surface area contributed by atoms with Crippen molar-refractivity contribution in [1.29, 1.82) is 0 Å². The molecule has 2 rings (SSSR count). The van der Waals surface area contributed by atoms with Crippen LogP contribution in [0.5, 0.6) is 0 Å². The van der Waals surface area contributed by atoms with Crippen LogP contribution in [0.3, 0.4) is 0 Å². The second kappa shape index (κ2) is 6.40. The molecule has 0 bridgehead atoms. The number of anilines is 2. The summed E-state index contributed by atoms with van der Waals surface area (Å²) in [4.78, 5) is 17.5. The van der Waals surface area contributed by atoms with E-state index in [0.717, 1.165) is 0 Å². The largest absolute Gasteiger partial charge is 0.423 e. The van der Waals surface area contributed by atoms with Crippen molar-refractivity contribution in [3.05, 3.63) is 18.2 Å². The number of rotatable bonds is 4. The summed E-state index contributed by atoms with van der Waals surface area (Å²) in [5, 5.41) is 2.76. The summed E-state index contributed by atoms with van der Waals surface area (Å²) in [5.74, 6) is -0.104. The van der Waals surface area contributed by atoms with Gasteiger partial charge in [0.25, 0.3) is 6.01 Å². The minimum Gasteiger partial charge on any atom is -0.423 e. The van der Waals surface area contributed by atoms with Gasteiger partial charge < -0.3 is 20.4 Å². The summed E-state index contributed by atoms with van der Waals surface area (Å²) in [6.07, 6.45) is 0.305. The average Bonchev–Trinajstić information content (AvgIpc) is 2.72. The molecule has 1 heterocycles. The van der Waals surface area contributed by atoms with Gasteiger partial charge in [0.1, 0.15) is 5.52 Å². The lowest BCUT2D eigenvalue weighted by atomic mass is 10.2. The third-order valence-electron chi connectivity index (χ3n) is 2.41. The molecule has 0 saturated heterocycles. The molecular formula is C12H17ClN4O2. The first kappa shape index (κ1) is 15.3. The molecule has 0 aliphatic carbocycles. The lowest BCUT2D eigenvalue weighted by Gasteiger charge is -2.03. The Labute approximate surface area is 117 Å². The van der Waals surface area contributed by atoms with E-state index in [9.17, 15) is 4.79 Å². The van der Waals surface area contributed by atoms with Crippen LogP contribution in [0.1, 0.15) is 6.42 Å². The molecule has 0 spiro atoms. The Morgan fingerprint density at radius 1 is 1.47 bits per heavy atom. The highest BCUT2D eigenvalue weighted by atomic mass is 35.5. The topological polar surface area (TPSA) is 84.4 Å². The fraction of sp³-hybridized carbons (Fsp3) is 0.333. The molecule has 0 atom stereocenters. The van der Waals surface area contributed by atoms with Gasteiger partial charge in [-0.05, 0) is 18.2 Å². The fourth-order valence-corrected chi connectivity index (χ4v) is 1.54. The molecule has 0 aliphatic rings. The van der Waals surface area contributed by atoms with Gasteiger partial charge in [0, 0.05) is 32.7 Å². The molecule has 0 unspecified atom stereocenters. The van der Waals surface area contributed by atoms with Crippen molar-refractivity contribution < 1.29 is 9.21 Å². The number of benzene rings is 1. The van der Waals surface area contributed by atoms with E-state index in [0.29, 0.717) is 35.8 Å². The summed E-state index contributed by atoms with van der Waals surface area (Å²) in [6, 6.07) is 5.88. The third kappa shape index (κ3) is 3.59. The number of oxazole rings is 1. The summed E-state index contributed by atoms with van der Waals surface area (Å²) in [7, 11) is 3.71. The molecule has 104 valence electrons. The predicted molar refractivity (Wildman–Crippen MR) is 77.9 cm³/mol. The van der Waals surface area contributed by atoms with Crippen LogP contribution in [0.15, 0.2) is 22.6 Å². The molecule has 6 nitrogen and oxygen atoms in total. The Morgan fingerprint density at radius 3 is 2.84 bits per heavy atom. The highest BCUT2D eigenvalue weighted by Crippen LogP contribution is 2.23. The van der Waals surface area contributed by atoms with Gasteiger partial charge in [-0.15, -0.1) is 12.4 Å². The fourth-order valence-electron chi connectivity index (χ4n) is 1.54. The number of halogens is 1. The van der Waals surface area contributed by atoms with Crippen molar-refractivity contribution >= 4 is 41.1 Å². The lowest BCUT2D eigenvalue weighted by molar-refractivity contribution is -0.116. The average molecular weight is 285 g/mol. The second-order valence-electron chi connectivity index (χ2n) is 4.16. The van der Waals surface area contributed by atoms with E-state index in [1.165, 1.54) is 0 Å². The molecule has 1 aromatic carbocycles. The van der Waals surface area contributed by atoms with Gasteiger partial charge >= 0.3 is 0 Å². The standard InChI is InChI=1S/C12H16N4O2.ClH/c1-16(2)12-15-9-7-8(3-4-10(9)18-12)14-11(17)5-6-13;/h3-4,7H,5-6,13H2,1-2H3,(H,14,17);1H. The van der Waals surface area contributed by atoms with Crippen LogP contribution in [-0.2, 0) is 4.79 Å². The van der Waals surface area contributed by atoms with Crippen molar-refractivity contribution in [3.8, 4) is 0 Å². The van der Waals surface area contributed by atoms with E-state index >= 15 is 0 Å².